The van der Waals surface area contributed by atoms with Crippen LogP contribution in [0.2, 0.25) is 0 Å². The van der Waals surface area contributed by atoms with Crippen LogP contribution in [0.1, 0.15) is 42.9 Å². The molecule has 0 aliphatic carbocycles. The van der Waals surface area contributed by atoms with Gasteiger partial charge in [-0.2, -0.15) is 5.10 Å². The van der Waals surface area contributed by atoms with E-state index in [9.17, 15) is 0 Å². The number of piperidine rings is 1. The van der Waals surface area contributed by atoms with Gasteiger partial charge in [0.1, 0.15) is 5.75 Å². The molecule has 0 unspecified atom stereocenters. The summed E-state index contributed by atoms with van der Waals surface area (Å²) in [4.78, 5) is 2.50. The molecule has 2 aromatic carbocycles. The van der Waals surface area contributed by atoms with E-state index in [0.717, 1.165) is 98.1 Å². The monoisotopic (exact) mass is 548 g/mol. The molecule has 3 aliphatic heterocycles. The molecule has 0 amide bonds. The van der Waals surface area contributed by atoms with Gasteiger partial charge in [-0.3, -0.25) is 4.90 Å². The van der Waals surface area contributed by atoms with Crippen LogP contribution in [0.4, 0.5) is 5.82 Å². The number of nitrogens with zero attached hydrogens (tertiary/aromatic N) is 3. The van der Waals surface area contributed by atoms with Crippen molar-refractivity contribution in [2.75, 3.05) is 45.5 Å². The number of ether oxygens (including phenoxy) is 4. The van der Waals surface area contributed by atoms with E-state index in [1.54, 1.807) is 7.11 Å². The van der Waals surface area contributed by atoms with Gasteiger partial charge in [0, 0.05) is 55.6 Å². The molecule has 0 spiro atoms. The Bertz CT molecular complexity index is 1200. The van der Waals surface area contributed by atoms with E-state index in [-0.39, 0.29) is 24.8 Å². The Labute approximate surface area is 229 Å². The van der Waals surface area contributed by atoms with Crippen molar-refractivity contribution in [2.24, 2.45) is 0 Å². The second-order valence-corrected chi connectivity index (χ2v) is 9.61. The molecule has 4 heterocycles. The lowest BCUT2D eigenvalue weighted by molar-refractivity contribution is 0.0846. The van der Waals surface area contributed by atoms with Gasteiger partial charge in [-0.1, -0.05) is 6.07 Å². The average Bonchev–Trinajstić information content (AvgIpc) is 3.38. The van der Waals surface area contributed by atoms with Gasteiger partial charge in [0.25, 0.3) is 0 Å². The van der Waals surface area contributed by atoms with Gasteiger partial charge < -0.3 is 24.3 Å². The number of halogens is 2. The fourth-order valence-electron chi connectivity index (χ4n) is 5.39. The molecule has 3 aromatic rings. The summed E-state index contributed by atoms with van der Waals surface area (Å²) in [6.45, 7) is 4.87. The Morgan fingerprint density at radius 1 is 0.919 bits per heavy atom. The number of likely N-dealkylation sites (tertiary alicyclic amines) is 1. The van der Waals surface area contributed by atoms with Crippen LogP contribution in [0.5, 0.6) is 17.2 Å². The van der Waals surface area contributed by atoms with Crippen LogP contribution in [0, 0.1) is 0 Å². The summed E-state index contributed by atoms with van der Waals surface area (Å²) in [6, 6.07) is 12.8. The molecule has 1 aromatic heterocycles. The highest BCUT2D eigenvalue weighted by atomic mass is 35.5. The number of methoxy groups -OCH3 is 1. The van der Waals surface area contributed by atoms with Crippen molar-refractivity contribution in [1.29, 1.82) is 0 Å². The first-order valence-corrected chi connectivity index (χ1v) is 12.6. The van der Waals surface area contributed by atoms with E-state index >= 15 is 0 Å². The maximum absolute atomic E-state index is 5.56. The molecule has 3 aliphatic rings. The summed E-state index contributed by atoms with van der Waals surface area (Å²) >= 11 is 0. The molecule has 1 N–H and O–H groups in total. The fourth-order valence-corrected chi connectivity index (χ4v) is 5.39. The van der Waals surface area contributed by atoms with E-state index in [4.69, 9.17) is 24.0 Å². The molecule has 0 atom stereocenters. The van der Waals surface area contributed by atoms with Gasteiger partial charge in [-0.05, 0) is 61.6 Å². The molecule has 200 valence electrons. The van der Waals surface area contributed by atoms with E-state index in [0.29, 0.717) is 18.8 Å². The van der Waals surface area contributed by atoms with E-state index < -0.39 is 0 Å². The molecule has 6 rings (SSSR count). The van der Waals surface area contributed by atoms with Crippen LogP contribution >= 0.6 is 24.8 Å². The van der Waals surface area contributed by atoms with Crippen molar-refractivity contribution in [3.63, 3.8) is 0 Å². The highest BCUT2D eigenvalue weighted by Crippen LogP contribution is 2.36. The predicted molar refractivity (Wildman–Crippen MR) is 148 cm³/mol. The summed E-state index contributed by atoms with van der Waals surface area (Å²) in [5.74, 6) is 3.77. The first-order chi connectivity index (χ1) is 17.3. The zero-order valence-electron chi connectivity index (χ0n) is 21.0. The van der Waals surface area contributed by atoms with Gasteiger partial charge in [0.15, 0.2) is 17.3 Å². The minimum absolute atomic E-state index is 0. The smallest absolute Gasteiger partial charge is 0.231 e. The molecule has 37 heavy (non-hydrogen) atoms. The van der Waals surface area contributed by atoms with Gasteiger partial charge in [-0.15, -0.1) is 29.9 Å². The van der Waals surface area contributed by atoms with Gasteiger partial charge >= 0.3 is 0 Å². The highest BCUT2D eigenvalue weighted by molar-refractivity contribution is 5.94. The summed E-state index contributed by atoms with van der Waals surface area (Å²) < 4.78 is 22.1. The fraction of sp³-hybridized carbons (Fsp3) is 0.481. The second kappa shape index (κ2) is 12.3. The van der Waals surface area contributed by atoms with Crippen LogP contribution in [-0.2, 0) is 11.3 Å². The maximum Gasteiger partial charge on any atom is 0.231 e. The lowest BCUT2D eigenvalue weighted by Gasteiger charge is -2.33. The first-order valence-electron chi connectivity index (χ1n) is 12.6. The van der Waals surface area contributed by atoms with Crippen LogP contribution in [0.3, 0.4) is 0 Å². The largest absolute Gasteiger partial charge is 0.497 e. The molecule has 0 bridgehead atoms. The molecule has 8 nitrogen and oxygen atoms in total. The maximum atomic E-state index is 5.56. The summed E-state index contributed by atoms with van der Waals surface area (Å²) in [5, 5.41) is 15.3. The topological polar surface area (TPSA) is 78.0 Å². The van der Waals surface area contributed by atoms with Crippen LogP contribution in [-0.4, -0.2) is 61.3 Å². The van der Waals surface area contributed by atoms with Crippen molar-refractivity contribution < 1.29 is 18.9 Å². The molecule has 2 fully saturated rings. The van der Waals surface area contributed by atoms with Crippen molar-refractivity contribution in [3.8, 4) is 17.2 Å². The Balaban J connectivity index is 0.00000160. The highest BCUT2D eigenvalue weighted by Gasteiger charge is 2.24. The van der Waals surface area contributed by atoms with Gasteiger partial charge in [-0.25, -0.2) is 0 Å². The lowest BCUT2D eigenvalue weighted by atomic mass is 9.92. The third-order valence-electron chi connectivity index (χ3n) is 7.40. The Morgan fingerprint density at radius 2 is 1.70 bits per heavy atom. The molecular formula is C27H34Cl2N4O4. The van der Waals surface area contributed by atoms with Crippen molar-refractivity contribution in [2.45, 2.75) is 44.2 Å². The Morgan fingerprint density at radius 3 is 2.49 bits per heavy atom. The third kappa shape index (κ3) is 5.98. The normalized spacial score (nSPS) is 18.2. The molecule has 2 saturated heterocycles. The number of benzene rings is 2. The van der Waals surface area contributed by atoms with Gasteiger partial charge in [0.05, 0.1) is 12.8 Å². The summed E-state index contributed by atoms with van der Waals surface area (Å²) in [7, 11) is 1.71. The average molecular weight is 549 g/mol. The van der Waals surface area contributed by atoms with E-state index in [1.807, 2.05) is 12.1 Å². The van der Waals surface area contributed by atoms with Crippen LogP contribution in [0.25, 0.3) is 10.8 Å². The number of hydrogen-bond acceptors (Lipinski definition) is 8. The zero-order chi connectivity index (χ0) is 23.6. The minimum Gasteiger partial charge on any atom is -0.497 e. The number of anilines is 1. The van der Waals surface area contributed by atoms with Crippen molar-refractivity contribution in [1.82, 2.24) is 15.1 Å². The van der Waals surface area contributed by atoms with E-state index in [2.05, 4.69) is 39.6 Å². The number of aromatic nitrogens is 2. The molecule has 0 saturated carbocycles. The second-order valence-electron chi connectivity index (χ2n) is 9.61. The van der Waals surface area contributed by atoms with E-state index in [1.165, 1.54) is 5.56 Å². The standard InChI is InChI=1S/C27H32N4O4.2ClH/c1-32-21-3-4-22-23(15-21)27(30-29-26(22)19-8-12-33-13-9-19)28-20-6-10-31(11-7-20)16-18-2-5-24-25(14-18)35-17-34-24;;/h2-5,14-15,19-20H,6-13,16-17H2,1H3,(H,28,30);2*1H. The zero-order valence-corrected chi connectivity index (χ0v) is 22.6. The SMILES string of the molecule is COc1ccc2c(C3CCOCC3)nnc(NC3CCN(Cc4ccc5c(c4)OCO5)CC3)c2c1.Cl.Cl. The summed E-state index contributed by atoms with van der Waals surface area (Å²) in [5.41, 5.74) is 2.34. The molecule has 0 radical (unpaired) electrons. The predicted octanol–water partition coefficient (Wildman–Crippen LogP) is 5.18. The van der Waals surface area contributed by atoms with Crippen molar-refractivity contribution >= 4 is 41.4 Å². The number of hydrogen-bond donors (Lipinski definition) is 1. The molecule has 10 heteroatoms. The van der Waals surface area contributed by atoms with Crippen LogP contribution in [0.15, 0.2) is 36.4 Å². The summed E-state index contributed by atoms with van der Waals surface area (Å²) in [6.07, 6.45) is 4.09. The van der Waals surface area contributed by atoms with Crippen molar-refractivity contribution in [3.05, 3.63) is 47.7 Å². The molecular weight excluding hydrogens is 515 g/mol. The lowest BCUT2D eigenvalue weighted by Crippen LogP contribution is -2.38. The first kappa shape index (κ1) is 27.5. The number of fused-ring (bicyclic) bond motifs is 2. The third-order valence-corrected chi connectivity index (χ3v) is 7.40. The quantitative estimate of drug-likeness (QED) is 0.451. The van der Waals surface area contributed by atoms with Gasteiger partial charge in [0.2, 0.25) is 6.79 Å². The number of nitrogens with one attached hydrogen (secondary N) is 1. The Kier molecular flexibility index (Phi) is 9.18. The number of rotatable bonds is 6. The Hall–Kier alpha value is -2.52. The minimum atomic E-state index is 0. The van der Waals surface area contributed by atoms with Crippen LogP contribution < -0.4 is 19.5 Å².